The average Bonchev–Trinajstić information content (AvgIpc) is 3.65. The minimum absolute atomic E-state index is 1.21. The van der Waals surface area contributed by atoms with Crippen LogP contribution in [0.4, 0.5) is 0 Å². The van der Waals surface area contributed by atoms with Gasteiger partial charge in [-0.1, -0.05) is 84.9 Å². The molecule has 0 bridgehead atoms. The summed E-state index contributed by atoms with van der Waals surface area (Å²) in [6.07, 6.45) is 0. The number of fused-ring (bicyclic) bond motifs is 11. The van der Waals surface area contributed by atoms with Gasteiger partial charge in [-0.15, -0.1) is 11.3 Å². The van der Waals surface area contributed by atoms with E-state index in [4.69, 9.17) is 0 Å². The van der Waals surface area contributed by atoms with Gasteiger partial charge in [-0.25, -0.2) is 0 Å². The standard InChI is InChI=1S/C38H21NS/c1-2-9-23-19-34-30(18-22(23)8-1)33-21-32-26-11-4-3-10-25(26)28-13-7-14-29(37(28)32)38(33)39(34)24-16-17-36-31(20-24)27-12-5-6-15-35(27)40-36/h1-21H. The van der Waals surface area contributed by atoms with Crippen LogP contribution in [0, 0.1) is 0 Å². The van der Waals surface area contributed by atoms with Crippen molar-refractivity contribution in [3.63, 3.8) is 0 Å². The molecule has 0 aliphatic heterocycles. The Kier molecular flexibility index (Phi) is 3.87. The lowest BCUT2D eigenvalue weighted by atomic mass is 9.98. The Morgan fingerprint density at radius 1 is 0.425 bits per heavy atom. The highest BCUT2D eigenvalue weighted by Crippen LogP contribution is 2.51. The van der Waals surface area contributed by atoms with Gasteiger partial charge in [-0.05, 0) is 80.9 Å². The second-order valence-electron chi connectivity index (χ2n) is 10.9. The van der Waals surface area contributed by atoms with Crippen molar-refractivity contribution in [2.45, 2.75) is 0 Å². The van der Waals surface area contributed by atoms with Crippen LogP contribution in [-0.4, -0.2) is 4.57 Å². The van der Waals surface area contributed by atoms with Crippen LogP contribution in [0.25, 0.3) is 91.5 Å². The Hall–Kier alpha value is -4.92. The summed E-state index contributed by atoms with van der Waals surface area (Å²) in [5.41, 5.74) is 9.11. The van der Waals surface area contributed by atoms with E-state index in [1.807, 2.05) is 11.3 Å². The summed E-state index contributed by atoms with van der Waals surface area (Å²) in [5, 5.41) is 10.5. The van der Waals surface area contributed by atoms with Crippen molar-refractivity contribution in [3.8, 4) is 27.9 Å². The van der Waals surface area contributed by atoms with Crippen LogP contribution in [0.5, 0.6) is 0 Å². The molecule has 0 saturated heterocycles. The molecule has 7 aromatic carbocycles. The molecule has 2 heteroatoms. The van der Waals surface area contributed by atoms with Crippen molar-refractivity contribution in [2.24, 2.45) is 0 Å². The first kappa shape index (κ1) is 21.0. The molecule has 0 fully saturated rings. The van der Waals surface area contributed by atoms with Gasteiger partial charge in [0.25, 0.3) is 0 Å². The number of thiophene rings is 1. The van der Waals surface area contributed by atoms with Crippen molar-refractivity contribution >= 4 is 74.9 Å². The number of hydrogen-bond donors (Lipinski definition) is 0. The lowest BCUT2D eigenvalue weighted by Gasteiger charge is -2.12. The van der Waals surface area contributed by atoms with Crippen LogP contribution in [0.2, 0.25) is 0 Å². The lowest BCUT2D eigenvalue weighted by molar-refractivity contribution is 1.19. The summed E-state index contributed by atoms with van der Waals surface area (Å²) in [6, 6.07) is 47.5. The Balaban J connectivity index is 1.43. The molecule has 40 heavy (non-hydrogen) atoms. The molecule has 10 rings (SSSR count). The van der Waals surface area contributed by atoms with E-state index in [2.05, 4.69) is 132 Å². The van der Waals surface area contributed by atoms with E-state index < -0.39 is 0 Å². The molecule has 2 aromatic heterocycles. The highest BCUT2D eigenvalue weighted by atomic mass is 32.1. The molecular weight excluding hydrogens is 502 g/mol. The Morgan fingerprint density at radius 2 is 1.12 bits per heavy atom. The van der Waals surface area contributed by atoms with E-state index in [1.165, 1.54) is 91.5 Å². The highest BCUT2D eigenvalue weighted by molar-refractivity contribution is 7.25. The lowest BCUT2D eigenvalue weighted by Crippen LogP contribution is -1.94. The molecule has 0 saturated carbocycles. The molecular formula is C38H21NS. The van der Waals surface area contributed by atoms with E-state index in [9.17, 15) is 0 Å². The molecule has 1 aliphatic rings. The van der Waals surface area contributed by atoms with Crippen LogP contribution in [0.1, 0.15) is 0 Å². The average molecular weight is 524 g/mol. The van der Waals surface area contributed by atoms with Gasteiger partial charge in [0.05, 0.1) is 11.0 Å². The third kappa shape index (κ3) is 2.57. The molecule has 1 aliphatic carbocycles. The van der Waals surface area contributed by atoms with Gasteiger partial charge >= 0.3 is 0 Å². The molecule has 184 valence electrons. The summed E-state index contributed by atoms with van der Waals surface area (Å²) in [7, 11) is 0. The fourth-order valence-electron chi connectivity index (χ4n) is 7.18. The fraction of sp³-hybridized carbons (Fsp3) is 0. The number of aromatic nitrogens is 1. The zero-order chi connectivity index (χ0) is 25.9. The normalized spacial score (nSPS) is 12.5. The predicted octanol–water partition coefficient (Wildman–Crippen LogP) is 11.1. The summed E-state index contributed by atoms with van der Waals surface area (Å²) in [6.45, 7) is 0. The van der Waals surface area contributed by atoms with Crippen molar-refractivity contribution < 1.29 is 0 Å². The maximum Gasteiger partial charge on any atom is 0.0620 e. The summed E-state index contributed by atoms with van der Waals surface area (Å²) in [5.74, 6) is 0. The van der Waals surface area contributed by atoms with E-state index in [1.54, 1.807) is 0 Å². The molecule has 0 atom stereocenters. The first-order chi connectivity index (χ1) is 19.8. The van der Waals surface area contributed by atoms with E-state index in [0.29, 0.717) is 0 Å². The molecule has 0 N–H and O–H groups in total. The fourth-order valence-corrected chi connectivity index (χ4v) is 8.26. The van der Waals surface area contributed by atoms with Gasteiger partial charge in [0.1, 0.15) is 0 Å². The largest absolute Gasteiger partial charge is 0.309 e. The van der Waals surface area contributed by atoms with Crippen molar-refractivity contribution in [3.05, 3.63) is 127 Å². The Labute approximate surface area is 234 Å². The molecule has 0 radical (unpaired) electrons. The van der Waals surface area contributed by atoms with Gasteiger partial charge in [-0.3, -0.25) is 0 Å². The van der Waals surface area contributed by atoms with Crippen molar-refractivity contribution in [1.29, 1.82) is 0 Å². The number of hydrogen-bond acceptors (Lipinski definition) is 1. The number of nitrogens with zero attached hydrogens (tertiary/aromatic N) is 1. The van der Waals surface area contributed by atoms with Crippen LogP contribution >= 0.6 is 11.3 Å². The minimum atomic E-state index is 1.21. The highest BCUT2D eigenvalue weighted by Gasteiger charge is 2.25. The van der Waals surface area contributed by atoms with Crippen molar-refractivity contribution in [2.75, 3.05) is 0 Å². The van der Waals surface area contributed by atoms with Gasteiger partial charge in [-0.2, -0.15) is 0 Å². The first-order valence-corrected chi connectivity index (χ1v) is 14.6. The molecule has 1 nitrogen and oxygen atoms in total. The van der Waals surface area contributed by atoms with Crippen LogP contribution in [0.15, 0.2) is 127 Å². The van der Waals surface area contributed by atoms with Gasteiger partial charge in [0.2, 0.25) is 0 Å². The Morgan fingerprint density at radius 3 is 2.02 bits per heavy atom. The molecule has 9 aromatic rings. The first-order valence-electron chi connectivity index (χ1n) is 13.8. The molecule has 0 amide bonds. The second kappa shape index (κ2) is 7.38. The topological polar surface area (TPSA) is 4.93 Å². The van der Waals surface area contributed by atoms with Crippen molar-refractivity contribution in [1.82, 2.24) is 4.57 Å². The SMILES string of the molecule is c1ccc2c(c1)-c1cccc3c1c-2cc1c2cc4ccccc4cc2n(-c2ccc4sc5ccccc5c4c2)c31. The molecule has 0 unspecified atom stereocenters. The summed E-state index contributed by atoms with van der Waals surface area (Å²) >= 11 is 1.88. The molecule has 0 spiro atoms. The summed E-state index contributed by atoms with van der Waals surface area (Å²) in [4.78, 5) is 0. The van der Waals surface area contributed by atoms with Crippen LogP contribution < -0.4 is 0 Å². The monoisotopic (exact) mass is 523 g/mol. The van der Waals surface area contributed by atoms with E-state index >= 15 is 0 Å². The maximum atomic E-state index is 2.52. The van der Waals surface area contributed by atoms with Crippen LogP contribution in [0.3, 0.4) is 0 Å². The Bertz CT molecular complexity index is 2540. The third-order valence-corrected chi connectivity index (χ3v) is 10.0. The minimum Gasteiger partial charge on any atom is -0.309 e. The quantitative estimate of drug-likeness (QED) is 0.202. The van der Waals surface area contributed by atoms with E-state index in [0.717, 1.165) is 0 Å². The zero-order valence-corrected chi connectivity index (χ0v) is 22.3. The van der Waals surface area contributed by atoms with Gasteiger partial charge in [0.15, 0.2) is 0 Å². The zero-order valence-electron chi connectivity index (χ0n) is 21.5. The third-order valence-electron chi connectivity index (χ3n) is 8.88. The predicted molar refractivity (Wildman–Crippen MR) is 173 cm³/mol. The van der Waals surface area contributed by atoms with Gasteiger partial charge in [0, 0.05) is 42.0 Å². The van der Waals surface area contributed by atoms with E-state index in [-0.39, 0.29) is 0 Å². The second-order valence-corrected chi connectivity index (χ2v) is 12.0. The maximum absolute atomic E-state index is 2.52. The van der Waals surface area contributed by atoms with Gasteiger partial charge < -0.3 is 4.57 Å². The number of benzene rings is 7. The number of rotatable bonds is 1. The molecule has 2 heterocycles. The van der Waals surface area contributed by atoms with Crippen LogP contribution in [-0.2, 0) is 0 Å². The smallest absolute Gasteiger partial charge is 0.0620 e. The summed E-state index contributed by atoms with van der Waals surface area (Å²) < 4.78 is 5.19.